The molecule has 2 N–H and O–H groups in total. The molecule has 1 aliphatic heterocycles. The van der Waals surface area contributed by atoms with Crippen molar-refractivity contribution in [3.8, 4) is 0 Å². The Kier molecular flexibility index (Phi) is 5.30. The largest absolute Gasteiger partial charge is 0.383 e. The Bertz CT molecular complexity index is 550. The number of carbonyl (C=O) groups is 2. The summed E-state index contributed by atoms with van der Waals surface area (Å²) in [6.07, 6.45) is 2.72. The van der Waals surface area contributed by atoms with Gasteiger partial charge in [-0.05, 0) is 48.2 Å². The third kappa shape index (κ3) is 4.25. The molecule has 1 aromatic heterocycles. The van der Waals surface area contributed by atoms with Gasteiger partial charge in [0.2, 0.25) is 5.91 Å². The molecular formula is C14H18BrN3O3. The summed E-state index contributed by atoms with van der Waals surface area (Å²) < 4.78 is 0.768. The highest BCUT2D eigenvalue weighted by molar-refractivity contribution is 9.10. The number of nitrogens with one attached hydrogen (secondary N) is 1. The van der Waals surface area contributed by atoms with E-state index in [-0.39, 0.29) is 18.4 Å². The molecule has 0 bridgehead atoms. The van der Waals surface area contributed by atoms with Crippen LogP contribution in [-0.2, 0) is 9.59 Å². The number of aliphatic hydroxyl groups is 1. The third-order valence-corrected chi connectivity index (χ3v) is 3.85. The second-order valence-electron chi connectivity index (χ2n) is 5.11. The zero-order chi connectivity index (χ0) is 15.4. The van der Waals surface area contributed by atoms with Gasteiger partial charge in [-0.3, -0.25) is 14.6 Å². The molecule has 2 heterocycles. The first-order valence-corrected chi connectivity index (χ1v) is 7.65. The summed E-state index contributed by atoms with van der Waals surface area (Å²) >= 11 is 3.30. The summed E-state index contributed by atoms with van der Waals surface area (Å²) in [5.41, 5.74) is 1.31. The van der Waals surface area contributed by atoms with Gasteiger partial charge in [0.15, 0.2) is 0 Å². The number of aliphatic hydroxyl groups excluding tert-OH is 1. The topological polar surface area (TPSA) is 82.5 Å². The number of amides is 2. The molecule has 21 heavy (non-hydrogen) atoms. The zero-order valence-corrected chi connectivity index (χ0v) is 13.4. The van der Waals surface area contributed by atoms with Crippen molar-refractivity contribution in [1.82, 2.24) is 9.88 Å². The number of carbonyl (C=O) groups excluding carboxylic acids is 2. The number of pyridine rings is 1. The smallest absolute Gasteiger partial charge is 0.251 e. The predicted octanol–water partition coefficient (Wildman–Crippen LogP) is 1.46. The average Bonchev–Trinajstić information content (AvgIpc) is 2.58. The van der Waals surface area contributed by atoms with E-state index in [4.69, 9.17) is 0 Å². The highest BCUT2D eigenvalue weighted by atomic mass is 79.9. The normalized spacial score (nSPS) is 19.3. The number of halogens is 1. The lowest BCUT2D eigenvalue weighted by molar-refractivity contribution is -0.141. The Balaban J connectivity index is 2.00. The van der Waals surface area contributed by atoms with Crippen LogP contribution in [0.1, 0.15) is 25.0 Å². The quantitative estimate of drug-likeness (QED) is 0.859. The lowest BCUT2D eigenvalue weighted by Gasteiger charge is -2.21. The van der Waals surface area contributed by atoms with Crippen LogP contribution in [0.3, 0.4) is 0 Å². The van der Waals surface area contributed by atoms with Crippen LogP contribution in [0, 0.1) is 6.92 Å². The van der Waals surface area contributed by atoms with Crippen LogP contribution < -0.4 is 5.32 Å². The Morgan fingerprint density at radius 1 is 1.57 bits per heavy atom. The van der Waals surface area contributed by atoms with E-state index in [0.29, 0.717) is 24.3 Å². The van der Waals surface area contributed by atoms with Gasteiger partial charge in [-0.2, -0.15) is 0 Å². The van der Waals surface area contributed by atoms with Crippen molar-refractivity contribution >= 4 is 33.4 Å². The van der Waals surface area contributed by atoms with Crippen molar-refractivity contribution in [3.63, 3.8) is 0 Å². The van der Waals surface area contributed by atoms with Crippen LogP contribution in [0.4, 0.5) is 5.69 Å². The standard InChI is InChI=1S/C14H18BrN3O3/c1-9-11(6-10(15)7-16-9)17-13(20)8-18-5-3-2-4-12(19)14(18)21/h6-7,12,19H,2-5,8H2,1H3,(H,17,20). The van der Waals surface area contributed by atoms with Gasteiger partial charge >= 0.3 is 0 Å². The van der Waals surface area contributed by atoms with E-state index in [1.54, 1.807) is 19.2 Å². The molecule has 2 rings (SSSR count). The van der Waals surface area contributed by atoms with Gasteiger partial charge in [-0.1, -0.05) is 0 Å². The minimum Gasteiger partial charge on any atom is -0.383 e. The van der Waals surface area contributed by atoms with E-state index in [1.807, 2.05) is 0 Å². The van der Waals surface area contributed by atoms with Crippen LogP contribution >= 0.6 is 15.9 Å². The number of rotatable bonds is 3. The number of aromatic nitrogens is 1. The maximum absolute atomic E-state index is 12.1. The summed E-state index contributed by atoms with van der Waals surface area (Å²) in [6.45, 7) is 2.24. The van der Waals surface area contributed by atoms with Gasteiger partial charge in [0.25, 0.3) is 5.91 Å². The van der Waals surface area contributed by atoms with E-state index in [9.17, 15) is 14.7 Å². The first-order valence-electron chi connectivity index (χ1n) is 6.86. The van der Waals surface area contributed by atoms with Crippen LogP contribution in [0.25, 0.3) is 0 Å². The summed E-state index contributed by atoms with van der Waals surface area (Å²) in [6, 6.07) is 1.76. The first kappa shape index (κ1) is 15.9. The number of aryl methyl sites for hydroxylation is 1. The molecule has 0 saturated carbocycles. The Labute approximate surface area is 131 Å². The molecule has 1 fully saturated rings. The van der Waals surface area contributed by atoms with Gasteiger partial charge in [0, 0.05) is 17.2 Å². The van der Waals surface area contributed by atoms with Crippen molar-refractivity contribution in [1.29, 1.82) is 0 Å². The maximum Gasteiger partial charge on any atom is 0.251 e. The van der Waals surface area contributed by atoms with E-state index in [2.05, 4.69) is 26.2 Å². The summed E-state index contributed by atoms with van der Waals surface area (Å²) in [4.78, 5) is 29.6. The minimum atomic E-state index is -0.991. The molecule has 1 saturated heterocycles. The highest BCUT2D eigenvalue weighted by Gasteiger charge is 2.26. The second-order valence-corrected chi connectivity index (χ2v) is 6.02. The molecule has 0 spiro atoms. The van der Waals surface area contributed by atoms with Crippen molar-refractivity contribution in [2.45, 2.75) is 32.3 Å². The van der Waals surface area contributed by atoms with Gasteiger partial charge in [0.05, 0.1) is 17.9 Å². The number of nitrogens with zero attached hydrogens (tertiary/aromatic N) is 2. The minimum absolute atomic E-state index is 0.0537. The molecule has 1 unspecified atom stereocenters. The first-order chi connectivity index (χ1) is 9.97. The van der Waals surface area contributed by atoms with Crippen molar-refractivity contribution in [3.05, 3.63) is 22.4 Å². The monoisotopic (exact) mass is 355 g/mol. The van der Waals surface area contributed by atoms with Gasteiger partial charge in [-0.15, -0.1) is 0 Å². The van der Waals surface area contributed by atoms with Crippen LogP contribution in [-0.4, -0.2) is 46.0 Å². The summed E-state index contributed by atoms with van der Waals surface area (Å²) in [5.74, 6) is -0.660. The Hall–Kier alpha value is -1.47. The molecule has 0 aromatic carbocycles. The second kappa shape index (κ2) is 7.00. The third-order valence-electron chi connectivity index (χ3n) is 3.41. The Morgan fingerprint density at radius 2 is 2.33 bits per heavy atom. The van der Waals surface area contributed by atoms with Crippen molar-refractivity contribution in [2.75, 3.05) is 18.4 Å². The fourth-order valence-corrected chi connectivity index (χ4v) is 2.57. The molecule has 2 amide bonds. The number of hydrogen-bond donors (Lipinski definition) is 2. The molecule has 0 radical (unpaired) electrons. The fourth-order valence-electron chi connectivity index (χ4n) is 2.24. The zero-order valence-electron chi connectivity index (χ0n) is 11.8. The summed E-state index contributed by atoms with van der Waals surface area (Å²) in [7, 11) is 0. The molecule has 1 aliphatic rings. The number of likely N-dealkylation sites (tertiary alicyclic amines) is 1. The van der Waals surface area contributed by atoms with Gasteiger partial charge in [0.1, 0.15) is 6.10 Å². The van der Waals surface area contributed by atoms with E-state index < -0.39 is 6.10 Å². The predicted molar refractivity (Wildman–Crippen MR) is 81.7 cm³/mol. The van der Waals surface area contributed by atoms with Crippen LogP contribution in [0.5, 0.6) is 0 Å². The van der Waals surface area contributed by atoms with E-state index >= 15 is 0 Å². The highest BCUT2D eigenvalue weighted by Crippen LogP contribution is 2.18. The van der Waals surface area contributed by atoms with Crippen molar-refractivity contribution < 1.29 is 14.7 Å². The Morgan fingerprint density at radius 3 is 3.10 bits per heavy atom. The molecular weight excluding hydrogens is 338 g/mol. The van der Waals surface area contributed by atoms with Gasteiger partial charge < -0.3 is 15.3 Å². The van der Waals surface area contributed by atoms with Crippen LogP contribution in [0.15, 0.2) is 16.7 Å². The van der Waals surface area contributed by atoms with Crippen LogP contribution in [0.2, 0.25) is 0 Å². The lowest BCUT2D eigenvalue weighted by Crippen LogP contribution is -2.42. The maximum atomic E-state index is 12.1. The molecule has 6 nitrogen and oxygen atoms in total. The molecule has 114 valence electrons. The average molecular weight is 356 g/mol. The lowest BCUT2D eigenvalue weighted by atomic mass is 10.2. The van der Waals surface area contributed by atoms with E-state index in [1.165, 1.54) is 4.90 Å². The molecule has 1 aromatic rings. The van der Waals surface area contributed by atoms with Crippen molar-refractivity contribution in [2.24, 2.45) is 0 Å². The number of hydrogen-bond acceptors (Lipinski definition) is 4. The van der Waals surface area contributed by atoms with E-state index in [0.717, 1.165) is 17.3 Å². The molecule has 7 heteroatoms. The fraction of sp³-hybridized carbons (Fsp3) is 0.500. The SMILES string of the molecule is Cc1ncc(Br)cc1NC(=O)CN1CCCCC(O)C1=O. The summed E-state index contributed by atoms with van der Waals surface area (Å²) in [5, 5.41) is 12.4. The van der Waals surface area contributed by atoms with Gasteiger partial charge in [-0.25, -0.2) is 0 Å². The molecule has 1 atom stereocenters. The number of anilines is 1. The molecule has 0 aliphatic carbocycles.